The Bertz CT molecular complexity index is 554. The number of aryl methyl sites for hydroxylation is 1. The van der Waals surface area contributed by atoms with Gasteiger partial charge in [-0.2, -0.15) is 0 Å². The first-order chi connectivity index (χ1) is 9.10. The highest BCUT2D eigenvalue weighted by atomic mass is 35.5. The summed E-state index contributed by atoms with van der Waals surface area (Å²) in [6, 6.07) is 5.81. The third-order valence-corrected chi connectivity index (χ3v) is 4.25. The Kier molecular flexibility index (Phi) is 5.22. The maximum absolute atomic E-state index is 6.29. The number of hydrogen-bond acceptors (Lipinski definition) is 3. The molecule has 0 aliphatic rings. The summed E-state index contributed by atoms with van der Waals surface area (Å²) >= 11 is 13.9. The summed E-state index contributed by atoms with van der Waals surface area (Å²) in [5.74, 6) is 0. The van der Waals surface area contributed by atoms with Crippen molar-refractivity contribution in [2.75, 3.05) is 6.54 Å². The van der Waals surface area contributed by atoms with Gasteiger partial charge in [0.05, 0.1) is 10.7 Å². The summed E-state index contributed by atoms with van der Waals surface area (Å²) < 4.78 is 0. The van der Waals surface area contributed by atoms with Crippen LogP contribution < -0.4 is 5.32 Å². The van der Waals surface area contributed by atoms with Crippen molar-refractivity contribution in [3.8, 4) is 0 Å². The molecule has 2 aromatic rings. The van der Waals surface area contributed by atoms with Crippen molar-refractivity contribution in [2.24, 2.45) is 0 Å². The number of nitrogens with one attached hydrogen (secondary N) is 1. The molecule has 0 radical (unpaired) electrons. The van der Waals surface area contributed by atoms with Gasteiger partial charge in [0.25, 0.3) is 0 Å². The molecule has 0 amide bonds. The number of aromatic nitrogens is 1. The highest BCUT2D eigenvalue weighted by molar-refractivity contribution is 7.09. The Hall–Kier alpha value is -0.610. The van der Waals surface area contributed by atoms with Gasteiger partial charge in [0.1, 0.15) is 0 Å². The molecule has 0 saturated heterocycles. The van der Waals surface area contributed by atoms with Crippen LogP contribution >= 0.6 is 34.5 Å². The maximum atomic E-state index is 6.29. The van der Waals surface area contributed by atoms with E-state index in [1.165, 1.54) is 0 Å². The highest BCUT2D eigenvalue weighted by Gasteiger charge is 2.16. The highest BCUT2D eigenvalue weighted by Crippen LogP contribution is 2.28. The molecule has 1 unspecified atom stereocenters. The molecule has 19 heavy (non-hydrogen) atoms. The Morgan fingerprint density at radius 3 is 2.74 bits per heavy atom. The lowest BCUT2D eigenvalue weighted by atomic mass is 10.0. The van der Waals surface area contributed by atoms with Crippen molar-refractivity contribution in [3.05, 3.63) is 49.9 Å². The van der Waals surface area contributed by atoms with Gasteiger partial charge in [-0.25, -0.2) is 4.98 Å². The monoisotopic (exact) mass is 314 g/mol. The van der Waals surface area contributed by atoms with Crippen molar-refractivity contribution in [3.63, 3.8) is 0 Å². The van der Waals surface area contributed by atoms with Crippen LogP contribution in [-0.2, 0) is 6.42 Å². The number of hydrogen-bond donors (Lipinski definition) is 1. The number of halogens is 2. The quantitative estimate of drug-likeness (QED) is 0.868. The van der Waals surface area contributed by atoms with Crippen LogP contribution in [0.15, 0.2) is 23.6 Å². The normalized spacial score (nSPS) is 12.6. The second kappa shape index (κ2) is 6.71. The fourth-order valence-corrected chi connectivity index (χ4v) is 3.20. The van der Waals surface area contributed by atoms with Crippen molar-refractivity contribution < 1.29 is 0 Å². The van der Waals surface area contributed by atoms with Crippen LogP contribution in [0.5, 0.6) is 0 Å². The predicted octanol–water partition coefficient (Wildman–Crippen LogP) is 4.65. The number of benzene rings is 1. The molecule has 0 bridgehead atoms. The van der Waals surface area contributed by atoms with Gasteiger partial charge in [-0.1, -0.05) is 36.2 Å². The molecular weight excluding hydrogens is 299 g/mol. The third-order valence-electron chi connectivity index (χ3n) is 2.87. The molecular formula is C14H16Cl2N2S. The first-order valence-corrected chi connectivity index (χ1v) is 7.83. The van der Waals surface area contributed by atoms with Gasteiger partial charge in [0.2, 0.25) is 0 Å². The average Bonchev–Trinajstić information content (AvgIpc) is 2.74. The van der Waals surface area contributed by atoms with Gasteiger partial charge >= 0.3 is 0 Å². The fourth-order valence-electron chi connectivity index (χ4n) is 2.03. The summed E-state index contributed by atoms with van der Waals surface area (Å²) in [5.41, 5.74) is 2.16. The second-order valence-electron chi connectivity index (χ2n) is 4.34. The summed E-state index contributed by atoms with van der Waals surface area (Å²) in [4.78, 5) is 4.51. The molecule has 1 atom stereocenters. The molecule has 0 aliphatic carbocycles. The second-order valence-corrected chi connectivity index (χ2v) is 6.24. The number of likely N-dealkylation sites (N-methyl/N-ethyl adjacent to an activating group) is 1. The smallest absolute Gasteiger partial charge is 0.0897 e. The minimum absolute atomic E-state index is 0.163. The minimum Gasteiger partial charge on any atom is -0.310 e. The molecule has 1 aromatic heterocycles. The van der Waals surface area contributed by atoms with E-state index in [1.807, 2.05) is 19.1 Å². The zero-order chi connectivity index (χ0) is 13.8. The van der Waals surface area contributed by atoms with E-state index in [-0.39, 0.29) is 6.04 Å². The fraction of sp³-hybridized carbons (Fsp3) is 0.357. The Morgan fingerprint density at radius 2 is 2.16 bits per heavy atom. The molecule has 5 heteroatoms. The number of thiazole rings is 1. The SMILES string of the molecule is CCNC(Cc1csc(C)n1)c1ccc(Cl)cc1Cl. The van der Waals surface area contributed by atoms with Crippen LogP contribution in [0.3, 0.4) is 0 Å². The van der Waals surface area contributed by atoms with E-state index < -0.39 is 0 Å². The zero-order valence-electron chi connectivity index (χ0n) is 10.9. The van der Waals surface area contributed by atoms with Gasteiger partial charge in [0.15, 0.2) is 0 Å². The standard InChI is InChI=1S/C14H16Cl2N2S/c1-3-17-14(7-11-8-19-9(2)18-11)12-5-4-10(15)6-13(12)16/h4-6,8,14,17H,3,7H2,1-2H3. The van der Waals surface area contributed by atoms with Crippen LogP contribution in [0.4, 0.5) is 0 Å². The molecule has 0 aliphatic heterocycles. The largest absolute Gasteiger partial charge is 0.310 e. The van der Waals surface area contributed by atoms with Crippen LogP contribution in [0, 0.1) is 6.92 Å². The van der Waals surface area contributed by atoms with E-state index >= 15 is 0 Å². The molecule has 1 N–H and O–H groups in total. The van der Waals surface area contributed by atoms with Gasteiger partial charge in [0, 0.05) is 27.9 Å². The summed E-state index contributed by atoms with van der Waals surface area (Å²) in [7, 11) is 0. The Labute approximate surface area is 127 Å². The molecule has 1 heterocycles. The Balaban J connectivity index is 2.23. The van der Waals surface area contributed by atoms with Gasteiger partial charge < -0.3 is 5.32 Å². The van der Waals surface area contributed by atoms with Gasteiger partial charge in [-0.05, 0) is 31.2 Å². The maximum Gasteiger partial charge on any atom is 0.0897 e. The van der Waals surface area contributed by atoms with Gasteiger partial charge in [-0.3, -0.25) is 0 Å². The molecule has 0 spiro atoms. The summed E-state index contributed by atoms with van der Waals surface area (Å²) in [6.45, 7) is 4.99. The van der Waals surface area contributed by atoms with Crippen LogP contribution in [-0.4, -0.2) is 11.5 Å². The van der Waals surface area contributed by atoms with Crippen LogP contribution in [0.25, 0.3) is 0 Å². The number of nitrogens with zero attached hydrogens (tertiary/aromatic N) is 1. The van der Waals surface area contributed by atoms with E-state index in [1.54, 1.807) is 17.4 Å². The molecule has 0 saturated carbocycles. The molecule has 1 aromatic carbocycles. The topological polar surface area (TPSA) is 24.9 Å². The third kappa shape index (κ3) is 3.93. The first kappa shape index (κ1) is 14.8. The molecule has 2 rings (SSSR count). The van der Waals surface area contributed by atoms with Gasteiger partial charge in [-0.15, -0.1) is 11.3 Å². The zero-order valence-corrected chi connectivity index (χ0v) is 13.2. The van der Waals surface area contributed by atoms with Crippen molar-refractivity contribution in [2.45, 2.75) is 26.3 Å². The van der Waals surface area contributed by atoms with E-state index in [2.05, 4.69) is 22.6 Å². The minimum atomic E-state index is 0.163. The van der Waals surface area contributed by atoms with E-state index in [9.17, 15) is 0 Å². The van der Waals surface area contributed by atoms with Crippen molar-refractivity contribution in [1.29, 1.82) is 0 Å². The van der Waals surface area contributed by atoms with Crippen LogP contribution in [0.2, 0.25) is 10.0 Å². The van der Waals surface area contributed by atoms with Crippen molar-refractivity contribution in [1.82, 2.24) is 10.3 Å². The average molecular weight is 315 g/mol. The van der Waals surface area contributed by atoms with Crippen LogP contribution in [0.1, 0.15) is 29.2 Å². The summed E-state index contributed by atoms with van der Waals surface area (Å²) in [6.07, 6.45) is 0.833. The summed E-state index contributed by atoms with van der Waals surface area (Å²) in [5, 5.41) is 8.01. The van der Waals surface area contributed by atoms with E-state index in [4.69, 9.17) is 23.2 Å². The molecule has 2 nitrogen and oxygen atoms in total. The lowest BCUT2D eigenvalue weighted by Crippen LogP contribution is -2.23. The van der Waals surface area contributed by atoms with E-state index in [0.717, 1.165) is 29.2 Å². The molecule has 102 valence electrons. The molecule has 0 fully saturated rings. The lowest BCUT2D eigenvalue weighted by Gasteiger charge is -2.19. The Morgan fingerprint density at radius 1 is 1.37 bits per heavy atom. The van der Waals surface area contributed by atoms with Crippen molar-refractivity contribution >= 4 is 34.5 Å². The first-order valence-electron chi connectivity index (χ1n) is 6.19. The number of rotatable bonds is 5. The lowest BCUT2D eigenvalue weighted by molar-refractivity contribution is 0.545. The van der Waals surface area contributed by atoms with E-state index in [0.29, 0.717) is 10.0 Å². The predicted molar refractivity (Wildman–Crippen MR) is 83.4 cm³/mol.